The fraction of sp³-hybridized carbons (Fsp3) is 0.667. The first kappa shape index (κ1) is 15.5. The predicted molar refractivity (Wildman–Crippen MR) is 85.2 cm³/mol. The highest BCUT2D eigenvalue weighted by atomic mass is 32.1. The Morgan fingerprint density at radius 2 is 2.20 bits per heavy atom. The zero-order chi connectivity index (χ0) is 14.4. The molecule has 0 saturated carbocycles. The molecule has 0 radical (unpaired) electrons. The van der Waals surface area contributed by atoms with Gasteiger partial charge in [-0.05, 0) is 43.3 Å². The minimum absolute atomic E-state index is 0.00733. The fourth-order valence-corrected chi connectivity index (χ4v) is 3.30. The molecule has 1 saturated heterocycles. The average molecular weight is 295 g/mol. The Morgan fingerprint density at radius 3 is 2.90 bits per heavy atom. The number of carbonyl (C=O) groups excluding carboxylic acids is 1. The van der Waals surface area contributed by atoms with Crippen molar-refractivity contribution in [3.8, 4) is 0 Å². The second-order valence-electron chi connectivity index (χ2n) is 5.64. The van der Waals surface area contributed by atoms with Crippen molar-refractivity contribution in [1.29, 1.82) is 0 Å². The molecule has 20 heavy (non-hydrogen) atoms. The Kier molecular flexibility index (Phi) is 6.01. The van der Waals surface area contributed by atoms with E-state index in [1.807, 2.05) is 11.4 Å². The standard InChI is InChI=1S/C15H25N3OS/c1-12-3-7-18(8-4-12)9-6-16-11-15-14(5-10-20-15)17-13(2)19/h5,10,12,16H,3-4,6-9,11H2,1-2H3,(H,17,19). The van der Waals surface area contributed by atoms with Gasteiger partial charge in [0.25, 0.3) is 0 Å². The largest absolute Gasteiger partial charge is 0.325 e. The van der Waals surface area contributed by atoms with Crippen LogP contribution in [0, 0.1) is 5.92 Å². The molecule has 4 nitrogen and oxygen atoms in total. The van der Waals surface area contributed by atoms with Gasteiger partial charge >= 0.3 is 0 Å². The molecule has 5 heteroatoms. The normalized spacial score (nSPS) is 17.3. The summed E-state index contributed by atoms with van der Waals surface area (Å²) in [5.74, 6) is 0.887. The van der Waals surface area contributed by atoms with E-state index in [2.05, 4.69) is 22.5 Å². The van der Waals surface area contributed by atoms with Gasteiger partial charge in [0.05, 0.1) is 5.69 Å². The Balaban J connectivity index is 1.66. The van der Waals surface area contributed by atoms with Crippen LogP contribution in [0.15, 0.2) is 11.4 Å². The maximum Gasteiger partial charge on any atom is 0.221 e. The van der Waals surface area contributed by atoms with Crippen molar-refractivity contribution in [2.45, 2.75) is 33.2 Å². The Hall–Kier alpha value is -0.910. The van der Waals surface area contributed by atoms with E-state index in [1.54, 1.807) is 18.3 Å². The lowest BCUT2D eigenvalue weighted by atomic mass is 9.99. The summed E-state index contributed by atoms with van der Waals surface area (Å²) in [6, 6.07) is 1.97. The quantitative estimate of drug-likeness (QED) is 0.793. The molecular weight excluding hydrogens is 270 g/mol. The van der Waals surface area contributed by atoms with Crippen molar-refractivity contribution in [3.63, 3.8) is 0 Å². The van der Waals surface area contributed by atoms with Gasteiger partial charge in [-0.2, -0.15) is 0 Å². The molecule has 1 aromatic heterocycles. The summed E-state index contributed by atoms with van der Waals surface area (Å²) in [4.78, 5) is 14.8. The molecule has 0 spiro atoms. The molecule has 0 aliphatic carbocycles. The first-order valence-electron chi connectivity index (χ1n) is 7.42. The van der Waals surface area contributed by atoms with E-state index < -0.39 is 0 Å². The molecular formula is C15H25N3OS. The van der Waals surface area contributed by atoms with Crippen molar-refractivity contribution in [3.05, 3.63) is 16.3 Å². The van der Waals surface area contributed by atoms with Crippen LogP contribution in [-0.4, -0.2) is 37.0 Å². The summed E-state index contributed by atoms with van der Waals surface area (Å²) in [5.41, 5.74) is 0.946. The van der Waals surface area contributed by atoms with Gasteiger partial charge in [0, 0.05) is 31.4 Å². The number of likely N-dealkylation sites (tertiary alicyclic amines) is 1. The molecule has 1 aromatic rings. The van der Waals surface area contributed by atoms with Crippen LogP contribution in [0.5, 0.6) is 0 Å². The number of nitrogens with one attached hydrogen (secondary N) is 2. The van der Waals surface area contributed by atoms with E-state index in [1.165, 1.54) is 30.8 Å². The van der Waals surface area contributed by atoms with E-state index in [9.17, 15) is 4.79 Å². The van der Waals surface area contributed by atoms with Crippen LogP contribution in [0.3, 0.4) is 0 Å². The lowest BCUT2D eigenvalue weighted by Gasteiger charge is -2.30. The van der Waals surface area contributed by atoms with Crippen molar-refractivity contribution in [1.82, 2.24) is 10.2 Å². The molecule has 0 unspecified atom stereocenters. The summed E-state index contributed by atoms with van der Waals surface area (Å²) in [7, 11) is 0. The molecule has 1 amide bonds. The van der Waals surface area contributed by atoms with E-state index in [4.69, 9.17) is 0 Å². The molecule has 0 bridgehead atoms. The second kappa shape index (κ2) is 7.76. The minimum atomic E-state index is -0.00733. The third kappa shape index (κ3) is 4.89. The van der Waals surface area contributed by atoms with Gasteiger partial charge in [-0.25, -0.2) is 0 Å². The first-order valence-corrected chi connectivity index (χ1v) is 8.30. The van der Waals surface area contributed by atoms with Crippen molar-refractivity contribution in [2.75, 3.05) is 31.5 Å². The number of thiophene rings is 1. The summed E-state index contributed by atoms with van der Waals surface area (Å²) in [5, 5.41) is 8.37. The Morgan fingerprint density at radius 1 is 1.45 bits per heavy atom. The van der Waals surface area contributed by atoms with Crippen LogP contribution in [-0.2, 0) is 11.3 Å². The highest BCUT2D eigenvalue weighted by Gasteiger charge is 2.14. The van der Waals surface area contributed by atoms with Gasteiger partial charge in [-0.1, -0.05) is 6.92 Å². The monoisotopic (exact) mass is 295 g/mol. The number of hydrogen-bond acceptors (Lipinski definition) is 4. The molecule has 1 fully saturated rings. The van der Waals surface area contributed by atoms with Gasteiger partial charge in [-0.3, -0.25) is 4.79 Å². The van der Waals surface area contributed by atoms with E-state index in [0.29, 0.717) is 0 Å². The molecule has 0 atom stereocenters. The predicted octanol–water partition coefficient (Wildman–Crippen LogP) is 2.53. The van der Waals surface area contributed by atoms with Crippen LogP contribution >= 0.6 is 11.3 Å². The van der Waals surface area contributed by atoms with Gasteiger partial charge < -0.3 is 15.5 Å². The van der Waals surface area contributed by atoms with Gasteiger partial charge in [0.2, 0.25) is 5.91 Å². The minimum Gasteiger partial charge on any atom is -0.325 e. The lowest BCUT2D eigenvalue weighted by Crippen LogP contribution is -2.37. The number of hydrogen-bond donors (Lipinski definition) is 2. The first-order chi connectivity index (χ1) is 9.65. The van der Waals surface area contributed by atoms with Crippen molar-refractivity contribution in [2.24, 2.45) is 5.92 Å². The van der Waals surface area contributed by atoms with Crippen LogP contribution in [0.25, 0.3) is 0 Å². The molecule has 1 aliphatic heterocycles. The van der Waals surface area contributed by atoms with Crippen LogP contribution in [0.2, 0.25) is 0 Å². The maximum atomic E-state index is 11.1. The number of amides is 1. The molecule has 2 N–H and O–H groups in total. The van der Waals surface area contributed by atoms with Crippen LogP contribution in [0.1, 0.15) is 31.6 Å². The third-order valence-electron chi connectivity index (χ3n) is 3.82. The summed E-state index contributed by atoms with van der Waals surface area (Å²) in [6.45, 7) is 9.32. The molecule has 112 valence electrons. The van der Waals surface area contributed by atoms with E-state index in [0.717, 1.165) is 31.2 Å². The Bertz CT molecular complexity index is 425. The Labute approximate surface area is 125 Å². The second-order valence-corrected chi connectivity index (χ2v) is 6.64. The van der Waals surface area contributed by atoms with E-state index >= 15 is 0 Å². The highest BCUT2D eigenvalue weighted by molar-refractivity contribution is 7.10. The average Bonchev–Trinajstić information content (AvgIpc) is 2.83. The highest BCUT2D eigenvalue weighted by Crippen LogP contribution is 2.22. The topological polar surface area (TPSA) is 44.4 Å². The van der Waals surface area contributed by atoms with Crippen molar-refractivity contribution < 1.29 is 4.79 Å². The molecule has 0 aromatic carbocycles. The molecule has 2 heterocycles. The van der Waals surface area contributed by atoms with Gasteiger partial charge in [0.1, 0.15) is 0 Å². The number of carbonyl (C=O) groups is 1. The summed E-state index contributed by atoms with van der Waals surface area (Å²) < 4.78 is 0. The lowest BCUT2D eigenvalue weighted by molar-refractivity contribution is -0.114. The van der Waals surface area contributed by atoms with Crippen LogP contribution in [0.4, 0.5) is 5.69 Å². The smallest absolute Gasteiger partial charge is 0.221 e. The maximum absolute atomic E-state index is 11.1. The van der Waals surface area contributed by atoms with Crippen LogP contribution < -0.4 is 10.6 Å². The van der Waals surface area contributed by atoms with Gasteiger partial charge in [-0.15, -0.1) is 11.3 Å². The number of piperidine rings is 1. The molecule has 1 aliphatic rings. The SMILES string of the molecule is CC(=O)Nc1ccsc1CNCCN1CCC(C)CC1. The van der Waals surface area contributed by atoms with Crippen molar-refractivity contribution >= 4 is 22.9 Å². The number of nitrogens with zero attached hydrogens (tertiary/aromatic N) is 1. The van der Waals surface area contributed by atoms with E-state index in [-0.39, 0.29) is 5.91 Å². The zero-order valence-corrected chi connectivity index (χ0v) is 13.3. The fourth-order valence-electron chi connectivity index (χ4n) is 2.50. The summed E-state index contributed by atoms with van der Waals surface area (Å²) >= 11 is 1.69. The number of rotatable bonds is 6. The zero-order valence-electron chi connectivity index (χ0n) is 12.4. The third-order valence-corrected chi connectivity index (χ3v) is 4.74. The number of anilines is 1. The van der Waals surface area contributed by atoms with Gasteiger partial charge in [0.15, 0.2) is 0 Å². The summed E-state index contributed by atoms with van der Waals surface area (Å²) in [6.07, 6.45) is 2.66. The molecule has 2 rings (SSSR count).